The van der Waals surface area contributed by atoms with Crippen molar-refractivity contribution in [2.24, 2.45) is 0 Å². The van der Waals surface area contributed by atoms with Gasteiger partial charge in [-0.05, 0) is 55.9 Å². The maximum Gasteiger partial charge on any atom is 0.146 e. The van der Waals surface area contributed by atoms with Gasteiger partial charge in [0.1, 0.15) is 30.1 Å². The summed E-state index contributed by atoms with van der Waals surface area (Å²) in [5.74, 6) is 1.29. The molecule has 1 fully saturated rings. The summed E-state index contributed by atoms with van der Waals surface area (Å²) in [6.45, 7) is 2.64. The fourth-order valence-corrected chi connectivity index (χ4v) is 4.87. The van der Waals surface area contributed by atoms with Gasteiger partial charge in [-0.25, -0.2) is 9.97 Å². The topological polar surface area (TPSA) is 86.2 Å². The SMILES string of the molecule is Cc1c(-c2cccc(OCc3ccccc3)c2)c2c(N)ncnc2n1[C@H]1CC[C@@H](O)CC1. The smallest absolute Gasteiger partial charge is 0.146 e. The van der Waals surface area contributed by atoms with Crippen LogP contribution in [-0.4, -0.2) is 25.7 Å². The standard InChI is InChI=1S/C26H28N4O2/c1-17-23(19-8-5-9-22(14-19)32-15-18-6-3-2-4-7-18)24-25(27)28-16-29-26(24)30(17)20-10-12-21(31)13-11-20/h2-9,14,16,20-21,31H,10-13,15H2,1H3,(H2,27,28,29)/t20-,21+. The lowest BCUT2D eigenvalue weighted by atomic mass is 9.92. The molecule has 6 nitrogen and oxygen atoms in total. The van der Waals surface area contributed by atoms with E-state index in [9.17, 15) is 5.11 Å². The van der Waals surface area contributed by atoms with Gasteiger partial charge in [0, 0.05) is 17.3 Å². The number of aliphatic hydroxyl groups is 1. The van der Waals surface area contributed by atoms with Gasteiger partial charge in [0.15, 0.2) is 0 Å². The highest BCUT2D eigenvalue weighted by molar-refractivity contribution is 6.02. The molecular formula is C26H28N4O2. The summed E-state index contributed by atoms with van der Waals surface area (Å²) >= 11 is 0. The van der Waals surface area contributed by atoms with Crippen molar-refractivity contribution in [3.8, 4) is 16.9 Å². The molecule has 5 rings (SSSR count). The second-order valence-electron chi connectivity index (χ2n) is 8.55. The second-order valence-corrected chi connectivity index (χ2v) is 8.55. The molecule has 0 aliphatic heterocycles. The minimum Gasteiger partial charge on any atom is -0.489 e. The van der Waals surface area contributed by atoms with Crippen LogP contribution in [0.4, 0.5) is 5.82 Å². The number of fused-ring (bicyclic) bond motifs is 1. The molecule has 0 radical (unpaired) electrons. The third-order valence-corrected chi connectivity index (χ3v) is 6.46. The Morgan fingerprint density at radius 3 is 2.59 bits per heavy atom. The van der Waals surface area contributed by atoms with Crippen LogP contribution >= 0.6 is 0 Å². The van der Waals surface area contributed by atoms with Crippen LogP contribution in [0.25, 0.3) is 22.2 Å². The summed E-state index contributed by atoms with van der Waals surface area (Å²) in [5, 5.41) is 10.9. The van der Waals surface area contributed by atoms with E-state index in [0.717, 1.165) is 64.9 Å². The third-order valence-electron chi connectivity index (χ3n) is 6.46. The number of nitrogens with zero attached hydrogens (tertiary/aromatic N) is 3. The molecule has 2 aromatic carbocycles. The van der Waals surface area contributed by atoms with Crippen molar-refractivity contribution in [1.82, 2.24) is 14.5 Å². The van der Waals surface area contributed by atoms with Crippen LogP contribution in [-0.2, 0) is 6.61 Å². The fourth-order valence-electron chi connectivity index (χ4n) is 4.87. The van der Waals surface area contributed by atoms with Crippen LogP contribution in [0.3, 0.4) is 0 Å². The van der Waals surface area contributed by atoms with E-state index in [4.69, 9.17) is 10.5 Å². The van der Waals surface area contributed by atoms with Gasteiger partial charge in [0.05, 0.1) is 11.5 Å². The number of aliphatic hydroxyl groups excluding tert-OH is 1. The van der Waals surface area contributed by atoms with Gasteiger partial charge in [0.2, 0.25) is 0 Å². The first-order valence-electron chi connectivity index (χ1n) is 11.2. The Bertz CT molecular complexity index is 1230. The Morgan fingerprint density at radius 1 is 1.03 bits per heavy atom. The largest absolute Gasteiger partial charge is 0.489 e. The number of rotatable bonds is 5. The molecule has 1 aliphatic rings. The van der Waals surface area contributed by atoms with Crippen molar-refractivity contribution >= 4 is 16.9 Å². The highest BCUT2D eigenvalue weighted by atomic mass is 16.5. The lowest BCUT2D eigenvalue weighted by Crippen LogP contribution is -2.21. The highest BCUT2D eigenvalue weighted by Crippen LogP contribution is 2.41. The number of benzene rings is 2. The third kappa shape index (κ3) is 3.82. The van der Waals surface area contributed by atoms with E-state index in [2.05, 4.69) is 45.7 Å². The van der Waals surface area contributed by atoms with Crippen molar-refractivity contribution in [3.63, 3.8) is 0 Å². The molecule has 0 bridgehead atoms. The van der Waals surface area contributed by atoms with Gasteiger partial charge < -0.3 is 20.1 Å². The van der Waals surface area contributed by atoms with E-state index in [0.29, 0.717) is 18.5 Å². The molecular weight excluding hydrogens is 400 g/mol. The van der Waals surface area contributed by atoms with Gasteiger partial charge in [-0.3, -0.25) is 0 Å². The number of hydrogen-bond acceptors (Lipinski definition) is 5. The monoisotopic (exact) mass is 428 g/mol. The summed E-state index contributed by atoms with van der Waals surface area (Å²) in [7, 11) is 0. The molecule has 0 unspecified atom stereocenters. The summed E-state index contributed by atoms with van der Waals surface area (Å²) in [6, 6.07) is 18.6. The lowest BCUT2D eigenvalue weighted by Gasteiger charge is -2.28. The lowest BCUT2D eigenvalue weighted by molar-refractivity contribution is 0.111. The highest BCUT2D eigenvalue weighted by Gasteiger charge is 2.27. The first-order chi connectivity index (χ1) is 15.6. The van der Waals surface area contributed by atoms with E-state index in [1.165, 1.54) is 6.33 Å². The van der Waals surface area contributed by atoms with Gasteiger partial charge in [-0.1, -0.05) is 42.5 Å². The van der Waals surface area contributed by atoms with Crippen LogP contribution in [0.5, 0.6) is 5.75 Å². The molecule has 0 atom stereocenters. The summed E-state index contributed by atoms with van der Waals surface area (Å²) in [4.78, 5) is 8.91. The molecule has 6 heteroatoms. The van der Waals surface area contributed by atoms with Crippen LogP contribution in [0.1, 0.15) is 43.0 Å². The van der Waals surface area contributed by atoms with E-state index in [-0.39, 0.29) is 6.10 Å². The Labute approximate surface area is 187 Å². The van der Waals surface area contributed by atoms with Crippen LogP contribution < -0.4 is 10.5 Å². The van der Waals surface area contributed by atoms with Crippen molar-refractivity contribution in [2.45, 2.75) is 51.4 Å². The first-order valence-corrected chi connectivity index (χ1v) is 11.2. The number of nitrogen functional groups attached to an aromatic ring is 1. The van der Waals surface area contributed by atoms with E-state index in [1.54, 1.807) is 0 Å². The Hall–Kier alpha value is -3.38. The van der Waals surface area contributed by atoms with Gasteiger partial charge in [-0.2, -0.15) is 0 Å². The van der Waals surface area contributed by atoms with Crippen molar-refractivity contribution in [3.05, 3.63) is 72.2 Å². The zero-order chi connectivity index (χ0) is 22.1. The van der Waals surface area contributed by atoms with E-state index in [1.807, 2.05) is 30.3 Å². The molecule has 1 aliphatic carbocycles. The molecule has 164 valence electrons. The molecule has 2 heterocycles. The molecule has 32 heavy (non-hydrogen) atoms. The Morgan fingerprint density at radius 2 is 1.81 bits per heavy atom. The van der Waals surface area contributed by atoms with E-state index < -0.39 is 0 Å². The molecule has 4 aromatic rings. The zero-order valence-corrected chi connectivity index (χ0v) is 18.2. The number of ether oxygens (including phenoxy) is 1. The molecule has 2 aromatic heterocycles. The predicted octanol–water partition coefficient (Wildman–Crippen LogP) is 5.04. The van der Waals surface area contributed by atoms with Crippen molar-refractivity contribution in [1.29, 1.82) is 0 Å². The molecule has 3 N–H and O–H groups in total. The predicted molar refractivity (Wildman–Crippen MR) is 126 cm³/mol. The summed E-state index contributed by atoms with van der Waals surface area (Å²) in [6.07, 6.45) is 4.80. The molecule has 0 amide bonds. The average Bonchev–Trinajstić information content (AvgIpc) is 3.12. The maximum atomic E-state index is 9.98. The van der Waals surface area contributed by atoms with Crippen molar-refractivity contribution < 1.29 is 9.84 Å². The van der Waals surface area contributed by atoms with Gasteiger partial charge in [0.25, 0.3) is 0 Å². The number of anilines is 1. The van der Waals surface area contributed by atoms with E-state index >= 15 is 0 Å². The molecule has 0 spiro atoms. The van der Waals surface area contributed by atoms with Crippen LogP contribution in [0.2, 0.25) is 0 Å². The average molecular weight is 429 g/mol. The van der Waals surface area contributed by atoms with Crippen LogP contribution in [0.15, 0.2) is 60.9 Å². The summed E-state index contributed by atoms with van der Waals surface area (Å²) < 4.78 is 8.37. The minimum absolute atomic E-state index is 0.203. The Kier molecular flexibility index (Phi) is 5.53. The van der Waals surface area contributed by atoms with Gasteiger partial charge in [-0.15, -0.1) is 0 Å². The second kappa shape index (κ2) is 8.63. The normalized spacial score (nSPS) is 18.7. The maximum absolute atomic E-state index is 9.98. The van der Waals surface area contributed by atoms with Gasteiger partial charge >= 0.3 is 0 Å². The minimum atomic E-state index is -0.203. The molecule has 1 saturated carbocycles. The van der Waals surface area contributed by atoms with Crippen LogP contribution in [0, 0.1) is 6.92 Å². The number of nitrogens with two attached hydrogens (primary N) is 1. The Balaban J connectivity index is 1.55. The zero-order valence-electron chi connectivity index (χ0n) is 18.2. The number of hydrogen-bond donors (Lipinski definition) is 2. The molecule has 0 saturated heterocycles. The first kappa shape index (κ1) is 20.5. The van der Waals surface area contributed by atoms with Crippen molar-refractivity contribution in [2.75, 3.05) is 5.73 Å². The quantitative estimate of drug-likeness (QED) is 0.465. The fraction of sp³-hybridized carbons (Fsp3) is 0.308. The number of aromatic nitrogens is 3. The summed E-state index contributed by atoms with van der Waals surface area (Å²) in [5.41, 5.74) is 11.6.